The molecule has 7 nitrogen and oxygen atoms in total. The van der Waals surface area contributed by atoms with E-state index in [1.165, 1.54) is 32.0 Å². The summed E-state index contributed by atoms with van der Waals surface area (Å²) in [5, 5.41) is 19.8. The predicted molar refractivity (Wildman–Crippen MR) is 97.2 cm³/mol. The Kier molecular flexibility index (Phi) is 7.83. The van der Waals surface area contributed by atoms with Crippen LogP contribution in [-0.2, 0) is 14.3 Å². The normalized spacial score (nSPS) is 12.8. The Morgan fingerprint density at radius 2 is 1.81 bits per heavy atom. The van der Waals surface area contributed by atoms with Crippen LogP contribution in [-0.4, -0.2) is 41.1 Å². The molecule has 0 saturated heterocycles. The van der Waals surface area contributed by atoms with Gasteiger partial charge in [-0.25, -0.2) is 9.18 Å². The van der Waals surface area contributed by atoms with Gasteiger partial charge in [-0.15, -0.1) is 0 Å². The smallest absolute Gasteiger partial charge is 0.329 e. The molecule has 1 rings (SSSR count). The molecule has 0 aliphatic carbocycles. The number of aliphatic hydroxyl groups excluding tert-OH is 1. The van der Waals surface area contributed by atoms with Crippen LogP contribution < -0.4 is 5.32 Å². The molecule has 1 aromatic rings. The van der Waals surface area contributed by atoms with Crippen molar-refractivity contribution < 1.29 is 28.6 Å². The number of halogens is 1. The molecule has 8 heteroatoms. The Hall–Kier alpha value is -3.03. The zero-order chi connectivity index (χ0) is 20.7. The number of nitrogens with one attached hydrogen (secondary N) is 2. The summed E-state index contributed by atoms with van der Waals surface area (Å²) in [4.78, 5) is 36.0. The van der Waals surface area contributed by atoms with Crippen molar-refractivity contribution in [1.82, 2.24) is 5.32 Å². The van der Waals surface area contributed by atoms with Gasteiger partial charge in [0.1, 0.15) is 24.2 Å². The zero-order valence-electron chi connectivity index (χ0n) is 15.6. The lowest BCUT2D eigenvalue weighted by molar-refractivity contribution is -0.147. The second kappa shape index (κ2) is 9.61. The number of allylic oxidation sites excluding steroid dienone is 1. The summed E-state index contributed by atoms with van der Waals surface area (Å²) in [5.74, 6) is -3.82. The average molecular weight is 378 g/mol. The van der Waals surface area contributed by atoms with Crippen LogP contribution in [0.2, 0.25) is 0 Å². The van der Waals surface area contributed by atoms with E-state index in [4.69, 9.17) is 10.1 Å². The van der Waals surface area contributed by atoms with Gasteiger partial charge >= 0.3 is 5.97 Å². The molecule has 0 radical (unpaired) electrons. The third kappa shape index (κ3) is 6.02. The molecule has 1 amide bonds. The van der Waals surface area contributed by atoms with E-state index in [0.29, 0.717) is 0 Å². The van der Waals surface area contributed by atoms with Crippen LogP contribution in [0.4, 0.5) is 4.39 Å². The molecule has 1 aromatic carbocycles. The molecule has 0 aliphatic heterocycles. The molecule has 27 heavy (non-hydrogen) atoms. The van der Waals surface area contributed by atoms with Crippen molar-refractivity contribution in [3.05, 3.63) is 47.0 Å². The fourth-order valence-electron chi connectivity index (χ4n) is 2.35. The van der Waals surface area contributed by atoms with E-state index < -0.39 is 41.9 Å². The minimum absolute atomic E-state index is 0.163. The molecule has 0 fully saturated rings. The predicted octanol–water partition coefficient (Wildman–Crippen LogP) is 2.56. The highest BCUT2D eigenvalue weighted by molar-refractivity contribution is 6.19. The zero-order valence-corrected chi connectivity index (χ0v) is 15.6. The number of ketones is 1. The van der Waals surface area contributed by atoms with Gasteiger partial charge in [0.25, 0.3) is 5.91 Å². The first-order chi connectivity index (χ1) is 12.6. The molecule has 3 N–H and O–H groups in total. The second-order valence-corrected chi connectivity index (χ2v) is 6.29. The van der Waals surface area contributed by atoms with Crippen LogP contribution >= 0.6 is 0 Å². The molecule has 0 heterocycles. The molecular formula is C19H23FN2O5. The van der Waals surface area contributed by atoms with E-state index in [-0.39, 0.29) is 22.8 Å². The topological polar surface area (TPSA) is 117 Å². The van der Waals surface area contributed by atoms with Gasteiger partial charge in [-0.05, 0) is 31.9 Å². The van der Waals surface area contributed by atoms with Crippen molar-refractivity contribution in [3.63, 3.8) is 0 Å². The molecule has 0 spiro atoms. The number of amides is 1. The standard InChI is InChI=1S/C19H23FN2O5/c1-10(2)17(22-18(25)13-7-5-6-8-14(13)20)19(26)27-9-15(24)16(11(3)21)12(4)23/h5-8,10,17,21,24H,9H2,1-4H3,(H,22,25)/b16-15+,21-11?/t17-/m0/s1. The fraction of sp³-hybridized carbons (Fsp3) is 0.368. The first-order valence-electron chi connectivity index (χ1n) is 8.26. The van der Waals surface area contributed by atoms with Crippen molar-refractivity contribution in [2.24, 2.45) is 5.92 Å². The Bertz CT molecular complexity index is 770. The second-order valence-electron chi connectivity index (χ2n) is 6.29. The lowest BCUT2D eigenvalue weighted by Gasteiger charge is -2.21. The maximum absolute atomic E-state index is 13.7. The summed E-state index contributed by atoms with van der Waals surface area (Å²) in [6.07, 6.45) is 0. The van der Waals surface area contributed by atoms with E-state index in [2.05, 4.69) is 5.32 Å². The number of ether oxygens (including phenoxy) is 1. The minimum atomic E-state index is -1.09. The van der Waals surface area contributed by atoms with Gasteiger partial charge < -0.3 is 20.6 Å². The number of hydrogen-bond donors (Lipinski definition) is 3. The van der Waals surface area contributed by atoms with Gasteiger partial charge in [0.05, 0.1) is 11.1 Å². The highest BCUT2D eigenvalue weighted by atomic mass is 19.1. The molecule has 0 saturated carbocycles. The number of hydrogen-bond acceptors (Lipinski definition) is 6. The summed E-state index contributed by atoms with van der Waals surface area (Å²) in [6.45, 7) is 5.19. The third-order valence-electron chi connectivity index (χ3n) is 3.69. The van der Waals surface area contributed by atoms with Crippen LogP contribution in [0.1, 0.15) is 38.1 Å². The quantitative estimate of drug-likeness (QED) is 0.278. The fourth-order valence-corrected chi connectivity index (χ4v) is 2.35. The molecule has 146 valence electrons. The van der Waals surface area contributed by atoms with Crippen molar-refractivity contribution in [2.75, 3.05) is 6.61 Å². The highest BCUT2D eigenvalue weighted by Crippen LogP contribution is 2.11. The van der Waals surface area contributed by atoms with E-state index in [1.54, 1.807) is 13.8 Å². The van der Waals surface area contributed by atoms with Gasteiger partial charge in [-0.1, -0.05) is 26.0 Å². The SMILES string of the molecule is CC(=N)/C(C(C)=O)=C(\O)COC(=O)[C@@H](NC(=O)c1ccccc1F)C(C)C. The molecule has 1 atom stereocenters. The minimum Gasteiger partial charge on any atom is -0.508 e. The van der Waals surface area contributed by atoms with Crippen LogP contribution in [0.15, 0.2) is 35.6 Å². The third-order valence-corrected chi connectivity index (χ3v) is 3.69. The van der Waals surface area contributed by atoms with Crippen LogP contribution in [0.3, 0.4) is 0 Å². The molecule has 0 unspecified atom stereocenters. The summed E-state index contributed by atoms with van der Waals surface area (Å²) >= 11 is 0. The Morgan fingerprint density at radius 1 is 1.22 bits per heavy atom. The van der Waals surface area contributed by atoms with Crippen molar-refractivity contribution in [2.45, 2.75) is 33.7 Å². The van der Waals surface area contributed by atoms with Crippen LogP contribution in [0, 0.1) is 17.1 Å². The summed E-state index contributed by atoms with van der Waals surface area (Å²) in [5.41, 5.74) is -0.611. The Labute approximate surface area is 156 Å². The Morgan fingerprint density at radius 3 is 2.30 bits per heavy atom. The van der Waals surface area contributed by atoms with Crippen LogP contribution in [0.5, 0.6) is 0 Å². The van der Waals surface area contributed by atoms with Gasteiger partial charge in [-0.3, -0.25) is 9.59 Å². The van der Waals surface area contributed by atoms with Crippen molar-refractivity contribution in [1.29, 1.82) is 5.41 Å². The lowest BCUT2D eigenvalue weighted by Crippen LogP contribution is -2.45. The van der Waals surface area contributed by atoms with Gasteiger partial charge in [0.15, 0.2) is 5.78 Å². The van der Waals surface area contributed by atoms with Gasteiger partial charge in [0, 0.05) is 5.71 Å². The van der Waals surface area contributed by atoms with Crippen LogP contribution in [0.25, 0.3) is 0 Å². The molecule has 0 bridgehead atoms. The van der Waals surface area contributed by atoms with E-state index in [9.17, 15) is 23.9 Å². The number of rotatable bonds is 8. The lowest BCUT2D eigenvalue weighted by atomic mass is 10.0. The number of carbonyl (C=O) groups excluding carboxylic acids is 3. The van der Waals surface area contributed by atoms with Crippen molar-refractivity contribution in [3.8, 4) is 0 Å². The first kappa shape index (κ1) is 22.0. The summed E-state index contributed by atoms with van der Waals surface area (Å²) in [7, 11) is 0. The van der Waals surface area contributed by atoms with Gasteiger partial charge in [-0.2, -0.15) is 0 Å². The van der Waals surface area contributed by atoms with E-state index in [0.717, 1.165) is 6.07 Å². The monoisotopic (exact) mass is 378 g/mol. The highest BCUT2D eigenvalue weighted by Gasteiger charge is 2.27. The number of carbonyl (C=O) groups is 3. The van der Waals surface area contributed by atoms with E-state index in [1.807, 2.05) is 0 Å². The maximum Gasteiger partial charge on any atom is 0.329 e. The van der Waals surface area contributed by atoms with Crippen molar-refractivity contribution >= 4 is 23.4 Å². The average Bonchev–Trinajstić information content (AvgIpc) is 2.56. The number of benzene rings is 1. The molecule has 0 aliphatic rings. The number of aliphatic hydroxyl groups is 1. The first-order valence-corrected chi connectivity index (χ1v) is 8.26. The molecular weight excluding hydrogens is 355 g/mol. The maximum atomic E-state index is 13.7. The van der Waals surface area contributed by atoms with E-state index >= 15 is 0 Å². The number of Topliss-reactive ketones (excluding diaryl/α,β-unsaturated/α-hetero) is 1. The Balaban J connectivity index is 2.89. The summed E-state index contributed by atoms with van der Waals surface area (Å²) < 4.78 is 18.7. The largest absolute Gasteiger partial charge is 0.508 e. The number of esters is 1. The van der Waals surface area contributed by atoms with Gasteiger partial charge in [0.2, 0.25) is 0 Å². The molecule has 0 aromatic heterocycles. The summed E-state index contributed by atoms with van der Waals surface area (Å²) in [6, 6.07) is 4.25.